The number of aliphatic hydroxyl groups is 1. The third-order valence-corrected chi connectivity index (χ3v) is 9.05. The van der Waals surface area contributed by atoms with E-state index in [1.807, 2.05) is 37.3 Å². The Morgan fingerprint density at radius 3 is 2.55 bits per heavy atom. The molecular weight excluding hydrogens is 536 g/mol. The fourth-order valence-corrected chi connectivity index (χ4v) is 7.00. The standard InChI is InChI=1S/C29H32N2O8S/c1-17-25-24(18(2)32)28(33)30(25)26(29(34)39-14-20-8-10-21(11-9-20)31(35)36)27(17)40-23-12-22(38-16-23)15-37-13-19-6-4-3-5-7-19/h3-11,17-18,22-25,32H,12-16H2,1-2H3. The van der Waals surface area contributed by atoms with E-state index < -0.39 is 22.9 Å². The molecule has 1 amide bonds. The number of nitro benzene ring substituents is 1. The van der Waals surface area contributed by atoms with E-state index in [2.05, 4.69) is 0 Å². The number of carbonyl (C=O) groups is 2. The van der Waals surface area contributed by atoms with E-state index in [0.717, 1.165) is 16.9 Å². The number of carbonyl (C=O) groups excluding carboxylic acids is 2. The average molecular weight is 569 g/mol. The fourth-order valence-electron chi connectivity index (χ4n) is 5.53. The number of nitro groups is 1. The molecule has 1 N–H and O–H groups in total. The SMILES string of the molecule is CC(O)C1C(=O)N2C(C(=O)OCc3ccc([N+](=O)[O-])cc3)=C(SC3COC(COCc4ccccc4)C3)C(C)C12. The molecule has 6 unspecified atom stereocenters. The summed E-state index contributed by atoms with van der Waals surface area (Å²) < 4.78 is 17.4. The number of hydrogen-bond acceptors (Lipinski definition) is 9. The second-order valence-electron chi connectivity index (χ2n) is 10.4. The topological polar surface area (TPSA) is 128 Å². The van der Waals surface area contributed by atoms with Crippen LogP contribution >= 0.6 is 11.8 Å². The van der Waals surface area contributed by atoms with E-state index >= 15 is 0 Å². The van der Waals surface area contributed by atoms with Gasteiger partial charge in [0.25, 0.3) is 5.69 Å². The molecular formula is C29H32N2O8S. The van der Waals surface area contributed by atoms with Crippen molar-refractivity contribution >= 4 is 29.3 Å². The zero-order valence-electron chi connectivity index (χ0n) is 22.3. The van der Waals surface area contributed by atoms with Gasteiger partial charge in [-0.25, -0.2) is 4.79 Å². The second-order valence-corrected chi connectivity index (χ2v) is 11.7. The number of rotatable bonds is 11. The van der Waals surface area contributed by atoms with Crippen LogP contribution in [0, 0.1) is 22.0 Å². The number of hydrogen-bond donors (Lipinski definition) is 1. The Bertz CT molecular complexity index is 1280. The first-order valence-corrected chi connectivity index (χ1v) is 14.2. The van der Waals surface area contributed by atoms with Gasteiger partial charge in [0.2, 0.25) is 5.91 Å². The summed E-state index contributed by atoms with van der Waals surface area (Å²) in [7, 11) is 0. The largest absolute Gasteiger partial charge is 0.456 e. The Labute approximate surface area is 236 Å². The third kappa shape index (κ3) is 5.78. The van der Waals surface area contributed by atoms with Crippen LogP contribution in [0.15, 0.2) is 65.2 Å². The van der Waals surface area contributed by atoms with Gasteiger partial charge in [-0.1, -0.05) is 37.3 Å². The molecule has 3 aliphatic rings. The average Bonchev–Trinajstić information content (AvgIpc) is 3.48. The van der Waals surface area contributed by atoms with Crippen molar-refractivity contribution in [3.05, 3.63) is 86.4 Å². The highest BCUT2D eigenvalue weighted by Gasteiger charge is 2.60. The minimum absolute atomic E-state index is 0.0539. The lowest BCUT2D eigenvalue weighted by Crippen LogP contribution is -2.63. The molecule has 0 spiro atoms. The highest BCUT2D eigenvalue weighted by Crippen LogP contribution is 2.52. The van der Waals surface area contributed by atoms with Gasteiger partial charge in [-0.15, -0.1) is 11.8 Å². The molecule has 2 saturated heterocycles. The smallest absolute Gasteiger partial charge is 0.356 e. The molecule has 3 aliphatic heterocycles. The molecule has 3 heterocycles. The molecule has 0 saturated carbocycles. The molecule has 0 bridgehead atoms. The molecule has 212 valence electrons. The summed E-state index contributed by atoms with van der Waals surface area (Å²) in [6.45, 7) is 4.92. The van der Waals surface area contributed by atoms with Crippen LogP contribution in [0.25, 0.3) is 0 Å². The van der Waals surface area contributed by atoms with E-state index in [1.54, 1.807) is 6.92 Å². The first kappa shape index (κ1) is 28.3. The van der Waals surface area contributed by atoms with Gasteiger partial charge in [0.15, 0.2) is 0 Å². The van der Waals surface area contributed by atoms with Crippen LogP contribution in [-0.2, 0) is 37.0 Å². The van der Waals surface area contributed by atoms with Gasteiger partial charge in [-0.05, 0) is 36.6 Å². The normalized spacial score (nSPS) is 26.4. The number of thioether (sulfide) groups is 1. The Morgan fingerprint density at radius 1 is 1.18 bits per heavy atom. The van der Waals surface area contributed by atoms with E-state index in [-0.39, 0.29) is 47.2 Å². The zero-order valence-corrected chi connectivity index (χ0v) is 23.1. The maximum Gasteiger partial charge on any atom is 0.356 e. The predicted octanol–water partition coefficient (Wildman–Crippen LogP) is 3.81. The zero-order chi connectivity index (χ0) is 28.4. The summed E-state index contributed by atoms with van der Waals surface area (Å²) in [4.78, 5) is 39.0. The molecule has 0 aromatic heterocycles. The number of benzene rings is 2. The number of non-ortho nitro benzene ring substituents is 1. The van der Waals surface area contributed by atoms with Crippen LogP contribution in [0.5, 0.6) is 0 Å². The number of esters is 1. The van der Waals surface area contributed by atoms with Gasteiger partial charge in [0.05, 0.1) is 48.9 Å². The lowest BCUT2D eigenvalue weighted by Gasteiger charge is -2.46. The van der Waals surface area contributed by atoms with Gasteiger partial charge in [-0.3, -0.25) is 14.9 Å². The molecule has 40 heavy (non-hydrogen) atoms. The summed E-state index contributed by atoms with van der Waals surface area (Å²) in [5.74, 6) is -1.66. The van der Waals surface area contributed by atoms with E-state index in [1.165, 1.54) is 40.9 Å². The highest BCUT2D eigenvalue weighted by atomic mass is 32.2. The predicted molar refractivity (Wildman–Crippen MR) is 147 cm³/mol. The first-order valence-electron chi connectivity index (χ1n) is 13.3. The van der Waals surface area contributed by atoms with Gasteiger partial charge >= 0.3 is 5.97 Å². The van der Waals surface area contributed by atoms with Crippen molar-refractivity contribution in [3.63, 3.8) is 0 Å². The molecule has 6 atom stereocenters. The van der Waals surface area contributed by atoms with Gasteiger partial charge in [0.1, 0.15) is 12.3 Å². The number of aliphatic hydroxyl groups excluding tert-OH is 1. The number of amides is 1. The lowest BCUT2D eigenvalue weighted by molar-refractivity contribution is -0.384. The third-order valence-electron chi connectivity index (χ3n) is 7.57. The van der Waals surface area contributed by atoms with Crippen LogP contribution in [0.4, 0.5) is 5.69 Å². The molecule has 10 nitrogen and oxygen atoms in total. The van der Waals surface area contributed by atoms with Crippen molar-refractivity contribution in [3.8, 4) is 0 Å². The summed E-state index contributed by atoms with van der Waals surface area (Å²) in [6.07, 6.45) is -0.169. The van der Waals surface area contributed by atoms with E-state index in [0.29, 0.717) is 25.4 Å². The van der Waals surface area contributed by atoms with Gasteiger partial charge in [0, 0.05) is 28.2 Å². The monoisotopic (exact) mass is 568 g/mol. The quantitative estimate of drug-likeness (QED) is 0.186. The number of nitrogens with zero attached hydrogens (tertiary/aromatic N) is 2. The molecule has 2 aromatic carbocycles. The molecule has 5 rings (SSSR count). The lowest BCUT2D eigenvalue weighted by atomic mass is 9.79. The maximum atomic E-state index is 13.4. The number of fused-ring (bicyclic) bond motifs is 1. The molecule has 0 aliphatic carbocycles. The van der Waals surface area contributed by atoms with Crippen molar-refractivity contribution in [2.24, 2.45) is 11.8 Å². The van der Waals surface area contributed by atoms with E-state index in [4.69, 9.17) is 14.2 Å². The summed E-state index contributed by atoms with van der Waals surface area (Å²) in [5.41, 5.74) is 1.85. The first-order chi connectivity index (χ1) is 19.2. The summed E-state index contributed by atoms with van der Waals surface area (Å²) in [5, 5.41) is 21.2. The van der Waals surface area contributed by atoms with Crippen LogP contribution in [-0.4, -0.2) is 63.5 Å². The Morgan fingerprint density at radius 2 is 1.88 bits per heavy atom. The maximum absolute atomic E-state index is 13.4. The number of β-lactam (4-membered cyclic amide) rings is 1. The molecule has 2 fully saturated rings. The summed E-state index contributed by atoms with van der Waals surface area (Å²) in [6, 6.07) is 15.4. The fraction of sp³-hybridized carbons (Fsp3) is 0.448. The Kier molecular flexibility index (Phi) is 8.55. The van der Waals surface area contributed by atoms with E-state index in [9.17, 15) is 24.8 Å². The minimum Gasteiger partial charge on any atom is -0.456 e. The van der Waals surface area contributed by atoms with Crippen LogP contribution in [0.1, 0.15) is 31.4 Å². The van der Waals surface area contributed by atoms with Gasteiger partial charge in [-0.2, -0.15) is 0 Å². The van der Waals surface area contributed by atoms with Crippen LogP contribution < -0.4 is 0 Å². The van der Waals surface area contributed by atoms with Crippen LogP contribution in [0.3, 0.4) is 0 Å². The van der Waals surface area contributed by atoms with Crippen molar-refractivity contribution in [2.45, 2.75) is 57.0 Å². The Balaban J connectivity index is 1.25. The van der Waals surface area contributed by atoms with Crippen molar-refractivity contribution in [2.75, 3.05) is 13.2 Å². The Hall–Kier alpha value is -3.25. The van der Waals surface area contributed by atoms with Crippen LogP contribution in [0.2, 0.25) is 0 Å². The van der Waals surface area contributed by atoms with Crippen molar-refractivity contribution in [1.29, 1.82) is 0 Å². The highest BCUT2D eigenvalue weighted by molar-refractivity contribution is 8.03. The van der Waals surface area contributed by atoms with Gasteiger partial charge < -0.3 is 24.2 Å². The molecule has 0 radical (unpaired) electrons. The van der Waals surface area contributed by atoms with Crippen molar-refractivity contribution in [1.82, 2.24) is 4.90 Å². The second kappa shape index (κ2) is 12.1. The minimum atomic E-state index is -0.834. The van der Waals surface area contributed by atoms with Crippen molar-refractivity contribution < 1.29 is 33.8 Å². The molecule has 11 heteroatoms. The summed E-state index contributed by atoms with van der Waals surface area (Å²) >= 11 is 1.53. The number of ether oxygens (including phenoxy) is 3. The molecule has 2 aromatic rings.